The largest absolute Gasteiger partial charge is 0.343 e. The van der Waals surface area contributed by atoms with Crippen molar-refractivity contribution in [1.82, 2.24) is 4.90 Å². The molecule has 0 radical (unpaired) electrons. The molecule has 0 aliphatic heterocycles. The second kappa shape index (κ2) is 28.7. The van der Waals surface area contributed by atoms with Gasteiger partial charge in [-0.15, -0.1) is 0 Å². The fraction of sp³-hybridized carbons (Fsp3) is 0.969. The maximum atomic E-state index is 12.5. The maximum absolute atomic E-state index is 12.5. The number of nitrogens with zero attached hydrogens (tertiary/aromatic N) is 1. The van der Waals surface area contributed by atoms with E-state index in [1.54, 1.807) is 0 Å². The standard InChI is InChI=1S/C32H65NO/c1-4-7-9-11-13-15-17-18-19-20-22-24-26-28-31-33(32(34)29-6-3)30-27-25-23-21-16-14-12-10-8-5-2/h4-31H2,1-3H3. The summed E-state index contributed by atoms with van der Waals surface area (Å²) >= 11 is 0. The molecule has 0 aromatic carbocycles. The molecule has 2 heteroatoms. The van der Waals surface area contributed by atoms with E-state index in [0.717, 1.165) is 25.9 Å². The molecular weight excluding hydrogens is 414 g/mol. The highest BCUT2D eigenvalue weighted by Gasteiger charge is 2.11. The van der Waals surface area contributed by atoms with Crippen LogP contribution in [0, 0.1) is 0 Å². The maximum Gasteiger partial charge on any atom is 0.222 e. The molecule has 0 saturated carbocycles. The summed E-state index contributed by atoms with van der Waals surface area (Å²) in [5.74, 6) is 0.396. The lowest BCUT2D eigenvalue weighted by atomic mass is 10.0. The summed E-state index contributed by atoms with van der Waals surface area (Å²) in [4.78, 5) is 14.7. The van der Waals surface area contributed by atoms with Crippen LogP contribution in [0.5, 0.6) is 0 Å². The zero-order chi connectivity index (χ0) is 25.0. The fourth-order valence-electron chi connectivity index (χ4n) is 5.02. The Morgan fingerprint density at radius 3 is 0.912 bits per heavy atom. The first-order chi connectivity index (χ1) is 16.8. The molecule has 0 rings (SSSR count). The van der Waals surface area contributed by atoms with E-state index in [1.807, 2.05) is 0 Å². The number of hydrogen-bond acceptors (Lipinski definition) is 1. The van der Waals surface area contributed by atoms with Crippen molar-refractivity contribution in [3.63, 3.8) is 0 Å². The molecule has 0 aliphatic carbocycles. The molecule has 204 valence electrons. The van der Waals surface area contributed by atoms with E-state index in [9.17, 15) is 4.79 Å². The van der Waals surface area contributed by atoms with Crippen molar-refractivity contribution >= 4 is 5.91 Å². The van der Waals surface area contributed by atoms with Gasteiger partial charge in [0.25, 0.3) is 0 Å². The van der Waals surface area contributed by atoms with E-state index >= 15 is 0 Å². The molecule has 0 heterocycles. The third-order valence-electron chi connectivity index (χ3n) is 7.38. The van der Waals surface area contributed by atoms with Gasteiger partial charge >= 0.3 is 0 Å². The van der Waals surface area contributed by atoms with Crippen LogP contribution in [-0.4, -0.2) is 23.9 Å². The Labute approximate surface area is 216 Å². The van der Waals surface area contributed by atoms with Gasteiger partial charge in [0.15, 0.2) is 0 Å². The number of carbonyl (C=O) groups is 1. The molecule has 0 fully saturated rings. The summed E-state index contributed by atoms with van der Waals surface area (Å²) in [5, 5.41) is 0. The lowest BCUT2D eigenvalue weighted by molar-refractivity contribution is -0.131. The molecule has 0 spiro atoms. The average Bonchev–Trinajstić information content (AvgIpc) is 2.84. The lowest BCUT2D eigenvalue weighted by Crippen LogP contribution is -2.32. The molecule has 0 bridgehead atoms. The molecule has 0 N–H and O–H groups in total. The van der Waals surface area contributed by atoms with E-state index in [2.05, 4.69) is 25.7 Å². The summed E-state index contributed by atoms with van der Waals surface area (Å²) in [5.41, 5.74) is 0. The minimum absolute atomic E-state index is 0.396. The Morgan fingerprint density at radius 2 is 0.647 bits per heavy atom. The summed E-state index contributed by atoms with van der Waals surface area (Å²) in [7, 11) is 0. The van der Waals surface area contributed by atoms with Gasteiger partial charge in [0.1, 0.15) is 0 Å². The van der Waals surface area contributed by atoms with Crippen LogP contribution in [0.4, 0.5) is 0 Å². The Kier molecular flexibility index (Phi) is 28.3. The Bertz CT molecular complexity index is 394. The average molecular weight is 480 g/mol. The molecule has 1 amide bonds. The van der Waals surface area contributed by atoms with Gasteiger partial charge in [-0.1, -0.05) is 162 Å². The molecule has 0 aliphatic rings. The van der Waals surface area contributed by atoms with Crippen molar-refractivity contribution in [3.8, 4) is 0 Å². The number of amides is 1. The minimum atomic E-state index is 0.396. The van der Waals surface area contributed by atoms with Gasteiger partial charge in [-0.3, -0.25) is 4.79 Å². The smallest absolute Gasteiger partial charge is 0.222 e. The Morgan fingerprint density at radius 1 is 0.382 bits per heavy atom. The predicted molar refractivity (Wildman–Crippen MR) is 154 cm³/mol. The SMILES string of the molecule is CCCCCCCCCCCCCCCCN(CCCCCCCCCCCC)C(=O)CCC. The highest BCUT2D eigenvalue weighted by Crippen LogP contribution is 2.14. The van der Waals surface area contributed by atoms with Gasteiger partial charge in [-0.2, -0.15) is 0 Å². The summed E-state index contributed by atoms with van der Waals surface area (Å²) in [6.45, 7) is 8.69. The molecule has 2 nitrogen and oxygen atoms in total. The monoisotopic (exact) mass is 480 g/mol. The second-order valence-electron chi connectivity index (χ2n) is 10.9. The normalized spacial score (nSPS) is 11.3. The minimum Gasteiger partial charge on any atom is -0.343 e. The van der Waals surface area contributed by atoms with Gasteiger partial charge in [0, 0.05) is 19.5 Å². The van der Waals surface area contributed by atoms with Crippen molar-refractivity contribution in [1.29, 1.82) is 0 Å². The molecule has 0 atom stereocenters. The highest BCUT2D eigenvalue weighted by molar-refractivity contribution is 5.76. The van der Waals surface area contributed by atoms with Crippen LogP contribution in [0.25, 0.3) is 0 Å². The van der Waals surface area contributed by atoms with Crippen LogP contribution < -0.4 is 0 Å². The van der Waals surface area contributed by atoms with Crippen LogP contribution in [0.1, 0.15) is 188 Å². The fourth-order valence-corrected chi connectivity index (χ4v) is 5.02. The molecule has 0 unspecified atom stereocenters. The Hall–Kier alpha value is -0.530. The first-order valence-corrected chi connectivity index (χ1v) is 16.0. The molecule has 0 saturated heterocycles. The van der Waals surface area contributed by atoms with E-state index in [1.165, 1.54) is 154 Å². The van der Waals surface area contributed by atoms with Crippen LogP contribution >= 0.6 is 0 Å². The molecule has 0 aromatic rings. The van der Waals surface area contributed by atoms with E-state index in [-0.39, 0.29) is 0 Å². The third kappa shape index (κ3) is 24.6. The number of carbonyl (C=O) groups excluding carboxylic acids is 1. The van der Waals surface area contributed by atoms with Crippen LogP contribution in [0.15, 0.2) is 0 Å². The van der Waals surface area contributed by atoms with Gasteiger partial charge in [0.05, 0.1) is 0 Å². The van der Waals surface area contributed by atoms with Crippen molar-refractivity contribution in [3.05, 3.63) is 0 Å². The topological polar surface area (TPSA) is 20.3 Å². The lowest BCUT2D eigenvalue weighted by Gasteiger charge is -2.22. The van der Waals surface area contributed by atoms with Gasteiger partial charge < -0.3 is 4.90 Å². The predicted octanol–water partition coefficient (Wildman–Crippen LogP) is 11.0. The number of unbranched alkanes of at least 4 members (excludes halogenated alkanes) is 22. The van der Waals surface area contributed by atoms with Gasteiger partial charge in [-0.25, -0.2) is 0 Å². The molecule has 34 heavy (non-hydrogen) atoms. The van der Waals surface area contributed by atoms with Crippen molar-refractivity contribution in [2.24, 2.45) is 0 Å². The van der Waals surface area contributed by atoms with Crippen LogP contribution in [0.3, 0.4) is 0 Å². The van der Waals surface area contributed by atoms with Gasteiger partial charge in [-0.05, 0) is 19.3 Å². The van der Waals surface area contributed by atoms with E-state index in [4.69, 9.17) is 0 Å². The van der Waals surface area contributed by atoms with E-state index in [0.29, 0.717) is 5.91 Å². The first kappa shape index (κ1) is 33.5. The summed E-state index contributed by atoms with van der Waals surface area (Å²) in [6, 6.07) is 0. The van der Waals surface area contributed by atoms with Crippen LogP contribution in [-0.2, 0) is 4.79 Å². The van der Waals surface area contributed by atoms with Gasteiger partial charge in [0.2, 0.25) is 5.91 Å². The molecular formula is C32H65NO. The first-order valence-electron chi connectivity index (χ1n) is 16.0. The van der Waals surface area contributed by atoms with E-state index < -0.39 is 0 Å². The Balaban J connectivity index is 3.63. The zero-order valence-electron chi connectivity index (χ0n) is 24.2. The zero-order valence-corrected chi connectivity index (χ0v) is 24.2. The van der Waals surface area contributed by atoms with Crippen molar-refractivity contribution in [2.45, 2.75) is 188 Å². The summed E-state index contributed by atoms with van der Waals surface area (Å²) in [6.07, 6.45) is 34.9. The number of rotatable bonds is 28. The van der Waals surface area contributed by atoms with Crippen molar-refractivity contribution < 1.29 is 4.79 Å². The third-order valence-corrected chi connectivity index (χ3v) is 7.38. The summed E-state index contributed by atoms with van der Waals surface area (Å²) < 4.78 is 0. The van der Waals surface area contributed by atoms with Crippen LogP contribution in [0.2, 0.25) is 0 Å². The van der Waals surface area contributed by atoms with Crippen molar-refractivity contribution in [2.75, 3.05) is 13.1 Å². The quantitative estimate of drug-likeness (QED) is 0.102. The highest BCUT2D eigenvalue weighted by atomic mass is 16.2. The molecule has 0 aromatic heterocycles. The second-order valence-corrected chi connectivity index (χ2v) is 10.9. The number of hydrogen-bond donors (Lipinski definition) is 0.